The van der Waals surface area contributed by atoms with Crippen LogP contribution in [0.5, 0.6) is 11.5 Å². The van der Waals surface area contributed by atoms with Gasteiger partial charge in [0.25, 0.3) is 0 Å². The molecule has 0 aliphatic carbocycles. The predicted molar refractivity (Wildman–Crippen MR) is 179 cm³/mol. The molecule has 4 heterocycles. The highest BCUT2D eigenvalue weighted by atomic mass is 32.2. The molecule has 240 valence electrons. The van der Waals surface area contributed by atoms with Crippen LogP contribution in [-0.4, -0.2) is 84.6 Å². The molecule has 11 nitrogen and oxygen atoms in total. The van der Waals surface area contributed by atoms with Gasteiger partial charge in [-0.15, -0.1) is 0 Å². The van der Waals surface area contributed by atoms with Crippen LogP contribution in [0, 0.1) is 5.92 Å². The van der Waals surface area contributed by atoms with Crippen LogP contribution in [0.2, 0.25) is 0 Å². The van der Waals surface area contributed by atoms with E-state index in [1.54, 1.807) is 18.9 Å². The highest BCUT2D eigenvalue weighted by molar-refractivity contribution is 7.98. The number of hydrogen-bond donors (Lipinski definition) is 4. The molecule has 12 heteroatoms. The Morgan fingerprint density at radius 1 is 0.978 bits per heavy atom. The minimum atomic E-state index is -0.215. The number of carbonyl (C=O) groups excluding carboxylic acids is 2. The lowest BCUT2D eigenvalue weighted by molar-refractivity contribution is -0.124. The second kappa shape index (κ2) is 16.3. The number of carbonyl (C=O) groups is 2. The van der Waals surface area contributed by atoms with E-state index in [2.05, 4.69) is 54.3 Å². The molecule has 2 amide bonds. The fraction of sp³-hybridized carbons (Fsp3) is 0.455. The zero-order valence-corrected chi connectivity index (χ0v) is 26.8. The van der Waals surface area contributed by atoms with E-state index in [-0.39, 0.29) is 30.9 Å². The van der Waals surface area contributed by atoms with E-state index in [1.807, 2.05) is 36.6 Å². The normalized spacial score (nSPS) is 21.3. The maximum atomic E-state index is 13.0. The van der Waals surface area contributed by atoms with Crippen molar-refractivity contribution in [2.45, 2.75) is 38.1 Å². The molecular weight excluding hydrogens is 590 g/mol. The Bertz CT molecular complexity index is 1430. The molecule has 1 aromatic heterocycles. The number of piperidine rings is 1. The van der Waals surface area contributed by atoms with Crippen LogP contribution in [0.25, 0.3) is 0 Å². The van der Waals surface area contributed by atoms with Gasteiger partial charge in [0.1, 0.15) is 24.6 Å². The number of nitrogens with one attached hydrogen (secondary N) is 4. The number of rotatable bonds is 4. The Morgan fingerprint density at radius 3 is 2.51 bits per heavy atom. The fourth-order valence-electron chi connectivity index (χ4n) is 5.72. The maximum absolute atomic E-state index is 13.0. The third-order valence-corrected chi connectivity index (χ3v) is 8.69. The fourth-order valence-corrected chi connectivity index (χ4v) is 6.24. The third kappa shape index (κ3) is 9.98. The molecule has 6 rings (SSSR count). The van der Waals surface area contributed by atoms with E-state index in [0.29, 0.717) is 42.1 Å². The summed E-state index contributed by atoms with van der Waals surface area (Å²) >= 11 is 1.71. The lowest BCUT2D eigenvalue weighted by Gasteiger charge is -2.32. The van der Waals surface area contributed by atoms with Gasteiger partial charge in [0, 0.05) is 36.0 Å². The number of anilines is 4. The summed E-state index contributed by atoms with van der Waals surface area (Å²) in [6, 6.07) is 15.6. The van der Waals surface area contributed by atoms with E-state index in [0.717, 1.165) is 55.9 Å². The van der Waals surface area contributed by atoms with Crippen LogP contribution in [0.1, 0.15) is 31.2 Å². The number of ether oxygens (including phenoxy) is 2. The van der Waals surface area contributed by atoms with E-state index >= 15 is 0 Å². The van der Waals surface area contributed by atoms with Gasteiger partial charge >= 0.3 is 0 Å². The first-order valence-electron chi connectivity index (χ1n) is 15.5. The van der Waals surface area contributed by atoms with Crippen molar-refractivity contribution in [2.24, 2.45) is 5.92 Å². The molecule has 8 bridgehead atoms. The standard InChI is InChI=1S/C33H43N7O4S/c1-43-28-7-6-26-18-29(28)44-14-11-34-32(41)19-27(10-15-45-2)39-33(42)21-40-12-8-23(9-13-40)16-24-4-3-5-25(17-24)37-30-20-31(38-26)36-22-35-30/h3-7,17-18,20,22-23,27H,8-16,19,21H2,1-2H3,(H,34,41)(H,39,42)(H2,35,36,37,38). The van der Waals surface area contributed by atoms with E-state index in [4.69, 9.17) is 9.47 Å². The second-order valence-corrected chi connectivity index (χ2v) is 12.5. The lowest BCUT2D eigenvalue weighted by Crippen LogP contribution is -2.46. The number of benzene rings is 2. The number of fused-ring (bicyclic) bond motifs is 11. The van der Waals surface area contributed by atoms with Gasteiger partial charge < -0.3 is 30.7 Å². The zero-order chi connectivity index (χ0) is 31.4. The van der Waals surface area contributed by atoms with Gasteiger partial charge in [-0.25, -0.2) is 9.97 Å². The van der Waals surface area contributed by atoms with Crippen molar-refractivity contribution in [2.75, 3.05) is 62.5 Å². The summed E-state index contributed by atoms with van der Waals surface area (Å²) in [5.41, 5.74) is 3.00. The number of methoxy groups -OCH3 is 1. The predicted octanol–water partition coefficient (Wildman–Crippen LogP) is 4.36. The first-order valence-corrected chi connectivity index (χ1v) is 16.9. The monoisotopic (exact) mass is 633 g/mol. The molecule has 3 aromatic rings. The Labute approximate surface area is 269 Å². The van der Waals surface area contributed by atoms with E-state index < -0.39 is 0 Å². The van der Waals surface area contributed by atoms with Gasteiger partial charge in [-0.2, -0.15) is 11.8 Å². The highest BCUT2D eigenvalue weighted by Gasteiger charge is 2.23. The van der Waals surface area contributed by atoms with Crippen molar-refractivity contribution < 1.29 is 19.1 Å². The number of amides is 2. The van der Waals surface area contributed by atoms with Crippen LogP contribution in [0.4, 0.5) is 23.0 Å². The molecule has 3 aliphatic rings. The van der Waals surface area contributed by atoms with Crippen LogP contribution in [0.15, 0.2) is 54.9 Å². The topological polar surface area (TPSA) is 130 Å². The Balaban J connectivity index is 1.33. The molecule has 2 aromatic carbocycles. The Morgan fingerprint density at radius 2 is 1.76 bits per heavy atom. The van der Waals surface area contributed by atoms with Gasteiger partial charge in [0.2, 0.25) is 11.8 Å². The van der Waals surface area contributed by atoms with E-state index in [1.165, 1.54) is 11.9 Å². The number of thioether (sulfide) groups is 1. The average molecular weight is 634 g/mol. The molecule has 1 fully saturated rings. The minimum Gasteiger partial charge on any atom is -0.493 e. The van der Waals surface area contributed by atoms with Crippen molar-refractivity contribution in [3.8, 4) is 11.5 Å². The average Bonchev–Trinajstić information content (AvgIpc) is 3.03. The summed E-state index contributed by atoms with van der Waals surface area (Å²) < 4.78 is 11.5. The van der Waals surface area contributed by atoms with E-state index in [9.17, 15) is 9.59 Å². The number of hydrogen-bond acceptors (Lipinski definition) is 10. The highest BCUT2D eigenvalue weighted by Crippen LogP contribution is 2.32. The van der Waals surface area contributed by atoms with Gasteiger partial charge in [0.15, 0.2) is 11.5 Å². The molecular formula is C33H43N7O4S. The van der Waals surface area contributed by atoms with Crippen LogP contribution in [-0.2, 0) is 16.0 Å². The van der Waals surface area contributed by atoms with Crippen molar-refractivity contribution in [1.82, 2.24) is 25.5 Å². The van der Waals surface area contributed by atoms with Crippen LogP contribution < -0.4 is 30.7 Å². The molecule has 1 atom stereocenters. The van der Waals surface area contributed by atoms with Gasteiger partial charge in [-0.1, -0.05) is 12.1 Å². The summed E-state index contributed by atoms with van der Waals surface area (Å²) in [5, 5.41) is 12.8. The first-order chi connectivity index (χ1) is 22.0. The molecule has 0 radical (unpaired) electrons. The molecule has 0 saturated carbocycles. The minimum absolute atomic E-state index is 0.0237. The zero-order valence-electron chi connectivity index (χ0n) is 26.0. The van der Waals surface area contributed by atoms with Crippen LogP contribution in [0.3, 0.4) is 0 Å². The van der Waals surface area contributed by atoms with Gasteiger partial charge in [-0.05, 0) is 86.5 Å². The summed E-state index contributed by atoms with van der Waals surface area (Å²) in [4.78, 5) is 36.8. The third-order valence-electron chi connectivity index (χ3n) is 8.05. The summed E-state index contributed by atoms with van der Waals surface area (Å²) in [6.07, 6.45) is 7.58. The van der Waals surface area contributed by atoms with Crippen molar-refractivity contribution in [3.05, 3.63) is 60.4 Å². The van der Waals surface area contributed by atoms with Crippen molar-refractivity contribution >= 4 is 46.6 Å². The summed E-state index contributed by atoms with van der Waals surface area (Å²) in [5.74, 6) is 3.70. The maximum Gasteiger partial charge on any atom is 0.234 e. The number of nitrogens with zero attached hydrogens (tertiary/aromatic N) is 3. The number of aromatic nitrogens is 2. The second-order valence-electron chi connectivity index (χ2n) is 11.5. The van der Waals surface area contributed by atoms with Gasteiger partial charge in [0.05, 0.1) is 20.2 Å². The SMILES string of the molecule is COc1ccc2cc1OCCNC(=O)CC(CCSC)NC(=O)CN1CCC(CC1)Cc1cccc(c1)Nc1cc(ncn1)N2. The molecule has 1 saturated heterocycles. The quantitative estimate of drug-likeness (QED) is 0.329. The molecule has 45 heavy (non-hydrogen) atoms. The van der Waals surface area contributed by atoms with Crippen LogP contribution >= 0.6 is 11.8 Å². The smallest absolute Gasteiger partial charge is 0.234 e. The lowest BCUT2D eigenvalue weighted by atomic mass is 9.90. The summed E-state index contributed by atoms with van der Waals surface area (Å²) in [6.45, 7) is 2.70. The van der Waals surface area contributed by atoms with Crippen molar-refractivity contribution in [3.63, 3.8) is 0 Å². The van der Waals surface area contributed by atoms with Crippen molar-refractivity contribution in [1.29, 1.82) is 0 Å². The molecule has 4 N–H and O–H groups in total. The molecule has 3 aliphatic heterocycles. The first kappa shape index (κ1) is 32.4. The molecule has 1 unspecified atom stereocenters. The summed E-state index contributed by atoms with van der Waals surface area (Å²) in [7, 11) is 1.59. The molecule has 0 spiro atoms. The largest absolute Gasteiger partial charge is 0.493 e. The Hall–Kier alpha value is -4.03. The Kier molecular flexibility index (Phi) is 11.7. The van der Waals surface area contributed by atoms with Gasteiger partial charge in [-0.3, -0.25) is 14.5 Å².